The normalized spacial score (nSPS) is 14.1. The molecule has 0 aliphatic carbocycles. The Morgan fingerprint density at radius 2 is 1.87 bits per heavy atom. The van der Waals surface area contributed by atoms with Gasteiger partial charge >= 0.3 is 0 Å². The summed E-state index contributed by atoms with van der Waals surface area (Å²) in [5.41, 5.74) is 6.25. The van der Waals surface area contributed by atoms with Gasteiger partial charge in [0.1, 0.15) is 6.10 Å². The van der Waals surface area contributed by atoms with Gasteiger partial charge in [-0.1, -0.05) is 19.4 Å². The SMILES string of the molecule is CCCC(C)(N)C(=O)Nc1cccc(NC(=O)C(C)OC)c1.Cl. The van der Waals surface area contributed by atoms with Gasteiger partial charge in [-0.25, -0.2) is 0 Å². The molecule has 0 radical (unpaired) electrons. The summed E-state index contributed by atoms with van der Waals surface area (Å²) in [5.74, 6) is -0.497. The lowest BCUT2D eigenvalue weighted by molar-refractivity contribution is -0.124. The van der Waals surface area contributed by atoms with Crippen molar-refractivity contribution in [3.8, 4) is 0 Å². The van der Waals surface area contributed by atoms with E-state index in [0.717, 1.165) is 6.42 Å². The molecule has 7 heteroatoms. The van der Waals surface area contributed by atoms with Crippen molar-refractivity contribution in [2.75, 3.05) is 17.7 Å². The van der Waals surface area contributed by atoms with Crippen molar-refractivity contribution in [3.63, 3.8) is 0 Å². The van der Waals surface area contributed by atoms with Crippen LogP contribution in [0.4, 0.5) is 11.4 Å². The summed E-state index contributed by atoms with van der Waals surface area (Å²) in [5, 5.41) is 5.50. The summed E-state index contributed by atoms with van der Waals surface area (Å²) < 4.78 is 4.95. The fourth-order valence-electron chi connectivity index (χ4n) is 1.93. The van der Waals surface area contributed by atoms with Crippen LogP contribution in [0.15, 0.2) is 24.3 Å². The second-order valence-corrected chi connectivity index (χ2v) is 5.57. The first kappa shape index (κ1) is 21.4. The summed E-state index contributed by atoms with van der Waals surface area (Å²) in [6.07, 6.45) is 0.876. The minimum Gasteiger partial charge on any atom is -0.372 e. The minimum atomic E-state index is -0.918. The first-order chi connectivity index (χ1) is 10.3. The number of nitrogens with two attached hydrogens (primary N) is 1. The van der Waals surface area contributed by atoms with Crippen LogP contribution < -0.4 is 16.4 Å². The molecule has 130 valence electrons. The van der Waals surface area contributed by atoms with Crippen molar-refractivity contribution in [2.24, 2.45) is 5.73 Å². The van der Waals surface area contributed by atoms with Crippen molar-refractivity contribution in [2.45, 2.75) is 45.3 Å². The predicted molar refractivity (Wildman–Crippen MR) is 94.9 cm³/mol. The largest absolute Gasteiger partial charge is 0.372 e. The molecule has 2 amide bonds. The highest BCUT2D eigenvalue weighted by Crippen LogP contribution is 2.18. The average molecular weight is 344 g/mol. The standard InChI is InChI=1S/C16H25N3O3.ClH/c1-5-9-16(3,17)15(21)19-13-8-6-7-12(10-13)18-14(20)11(2)22-4;/h6-8,10-11H,5,9,17H2,1-4H3,(H,18,20)(H,19,21);1H. The van der Waals surface area contributed by atoms with E-state index in [2.05, 4.69) is 10.6 Å². The third-order valence-electron chi connectivity index (χ3n) is 3.40. The number of methoxy groups -OCH3 is 1. The molecule has 0 fully saturated rings. The molecule has 0 aromatic heterocycles. The molecule has 2 atom stereocenters. The third-order valence-corrected chi connectivity index (χ3v) is 3.40. The number of hydrogen-bond acceptors (Lipinski definition) is 4. The summed E-state index contributed by atoms with van der Waals surface area (Å²) in [6.45, 7) is 5.34. The van der Waals surface area contributed by atoms with Gasteiger partial charge in [0.25, 0.3) is 5.91 Å². The Hall–Kier alpha value is -1.63. The smallest absolute Gasteiger partial charge is 0.253 e. The summed E-state index contributed by atoms with van der Waals surface area (Å²) in [4.78, 5) is 23.9. The number of carbonyl (C=O) groups is 2. The molecular weight excluding hydrogens is 318 g/mol. The van der Waals surface area contributed by atoms with E-state index in [0.29, 0.717) is 17.8 Å². The Bertz CT molecular complexity index is 535. The molecule has 0 aliphatic rings. The van der Waals surface area contributed by atoms with Crippen molar-refractivity contribution in [1.82, 2.24) is 0 Å². The van der Waals surface area contributed by atoms with Crippen molar-refractivity contribution >= 4 is 35.6 Å². The van der Waals surface area contributed by atoms with Gasteiger partial charge in [0, 0.05) is 18.5 Å². The van der Waals surface area contributed by atoms with Crippen LogP contribution in [0, 0.1) is 0 Å². The Kier molecular flexibility index (Phi) is 8.82. The zero-order valence-corrected chi connectivity index (χ0v) is 14.8. The predicted octanol–water partition coefficient (Wildman–Crippen LogP) is 2.54. The Morgan fingerprint density at radius 3 is 2.39 bits per heavy atom. The van der Waals surface area contributed by atoms with E-state index in [1.807, 2.05) is 6.92 Å². The molecule has 0 heterocycles. The van der Waals surface area contributed by atoms with E-state index in [1.54, 1.807) is 38.1 Å². The molecule has 1 rings (SSSR count). The fraction of sp³-hybridized carbons (Fsp3) is 0.500. The van der Waals surface area contributed by atoms with Gasteiger partial charge in [0.15, 0.2) is 0 Å². The molecule has 0 saturated heterocycles. The summed E-state index contributed by atoms with van der Waals surface area (Å²) >= 11 is 0. The summed E-state index contributed by atoms with van der Waals surface area (Å²) in [6, 6.07) is 6.91. The highest BCUT2D eigenvalue weighted by atomic mass is 35.5. The van der Waals surface area contributed by atoms with Crippen molar-refractivity contribution in [3.05, 3.63) is 24.3 Å². The van der Waals surface area contributed by atoms with Crippen LogP contribution in [-0.4, -0.2) is 30.6 Å². The molecule has 6 nitrogen and oxygen atoms in total. The monoisotopic (exact) mass is 343 g/mol. The van der Waals surface area contributed by atoms with Gasteiger partial charge in [-0.2, -0.15) is 0 Å². The van der Waals surface area contributed by atoms with E-state index in [1.165, 1.54) is 7.11 Å². The van der Waals surface area contributed by atoms with Gasteiger partial charge < -0.3 is 21.1 Å². The van der Waals surface area contributed by atoms with E-state index in [4.69, 9.17) is 10.5 Å². The topological polar surface area (TPSA) is 93.5 Å². The zero-order valence-electron chi connectivity index (χ0n) is 14.0. The molecule has 0 bridgehead atoms. The van der Waals surface area contributed by atoms with Crippen molar-refractivity contribution < 1.29 is 14.3 Å². The van der Waals surface area contributed by atoms with Gasteiger partial charge in [-0.15, -0.1) is 12.4 Å². The molecule has 4 N–H and O–H groups in total. The van der Waals surface area contributed by atoms with Crippen molar-refractivity contribution in [1.29, 1.82) is 0 Å². The fourth-order valence-corrected chi connectivity index (χ4v) is 1.93. The summed E-state index contributed by atoms with van der Waals surface area (Å²) in [7, 11) is 1.47. The quantitative estimate of drug-likeness (QED) is 0.709. The van der Waals surface area contributed by atoms with E-state index in [9.17, 15) is 9.59 Å². The number of halogens is 1. The van der Waals surface area contributed by atoms with Gasteiger partial charge in [-0.05, 0) is 38.5 Å². The van der Waals surface area contributed by atoms with E-state index < -0.39 is 11.6 Å². The van der Waals surface area contributed by atoms with Gasteiger partial charge in [0.2, 0.25) is 5.91 Å². The Labute approximate surface area is 143 Å². The maximum Gasteiger partial charge on any atom is 0.253 e. The number of amides is 2. The number of rotatable bonds is 7. The lowest BCUT2D eigenvalue weighted by atomic mass is 9.96. The van der Waals surface area contributed by atoms with Gasteiger partial charge in [0.05, 0.1) is 5.54 Å². The van der Waals surface area contributed by atoms with Crippen LogP contribution in [0.2, 0.25) is 0 Å². The maximum atomic E-state index is 12.2. The maximum absolute atomic E-state index is 12.2. The first-order valence-corrected chi connectivity index (χ1v) is 7.34. The van der Waals surface area contributed by atoms with E-state index in [-0.39, 0.29) is 24.2 Å². The Morgan fingerprint density at radius 1 is 1.30 bits per heavy atom. The number of nitrogens with one attached hydrogen (secondary N) is 2. The second kappa shape index (κ2) is 9.50. The zero-order chi connectivity index (χ0) is 16.8. The van der Waals surface area contributed by atoms with Crippen LogP contribution >= 0.6 is 12.4 Å². The molecule has 0 spiro atoms. The molecular formula is C16H26ClN3O3. The second-order valence-electron chi connectivity index (χ2n) is 5.57. The minimum absolute atomic E-state index is 0. The lowest BCUT2D eigenvalue weighted by Crippen LogP contribution is -2.48. The lowest BCUT2D eigenvalue weighted by Gasteiger charge is -2.23. The highest BCUT2D eigenvalue weighted by molar-refractivity contribution is 5.99. The van der Waals surface area contributed by atoms with Crippen LogP contribution in [0.3, 0.4) is 0 Å². The van der Waals surface area contributed by atoms with Crippen LogP contribution in [0.5, 0.6) is 0 Å². The molecule has 23 heavy (non-hydrogen) atoms. The number of hydrogen-bond donors (Lipinski definition) is 3. The van der Waals surface area contributed by atoms with E-state index >= 15 is 0 Å². The number of anilines is 2. The average Bonchev–Trinajstić information content (AvgIpc) is 2.46. The number of ether oxygens (including phenoxy) is 1. The third kappa shape index (κ3) is 6.56. The van der Waals surface area contributed by atoms with Crippen LogP contribution in [0.25, 0.3) is 0 Å². The Balaban J connectivity index is 0.00000484. The molecule has 1 aromatic carbocycles. The molecule has 0 saturated carbocycles. The van der Waals surface area contributed by atoms with Gasteiger partial charge in [-0.3, -0.25) is 9.59 Å². The molecule has 2 unspecified atom stereocenters. The molecule has 0 aliphatic heterocycles. The van der Waals surface area contributed by atoms with Crippen LogP contribution in [0.1, 0.15) is 33.6 Å². The number of benzene rings is 1. The number of carbonyl (C=O) groups excluding carboxylic acids is 2. The first-order valence-electron chi connectivity index (χ1n) is 7.34. The van der Waals surface area contributed by atoms with Crippen LogP contribution in [-0.2, 0) is 14.3 Å². The molecule has 1 aromatic rings. The highest BCUT2D eigenvalue weighted by Gasteiger charge is 2.27.